The number of likely N-dealkylation sites (tertiary alicyclic amines) is 1. The fourth-order valence-corrected chi connectivity index (χ4v) is 10.6. The van der Waals surface area contributed by atoms with Crippen LogP contribution >= 0.6 is 11.8 Å². The summed E-state index contributed by atoms with van der Waals surface area (Å²) >= 11 is 2.13. The van der Waals surface area contributed by atoms with Gasteiger partial charge in [-0.05, 0) is 110 Å². The maximum absolute atomic E-state index is 12.2. The third-order valence-corrected chi connectivity index (χ3v) is 13.3. The number of amides is 1. The lowest BCUT2D eigenvalue weighted by molar-refractivity contribution is -0.134. The molecule has 1 aliphatic carbocycles. The molecule has 0 radical (unpaired) electrons. The molecule has 0 bridgehead atoms. The monoisotopic (exact) mass is 774 g/mol. The van der Waals surface area contributed by atoms with E-state index in [1.807, 2.05) is 0 Å². The lowest BCUT2D eigenvalue weighted by Gasteiger charge is -2.35. The Bertz CT molecular complexity index is 1050. The van der Waals surface area contributed by atoms with Crippen LogP contribution in [0.15, 0.2) is 0 Å². The molecular weight excluding hydrogens is 691 g/mol. The van der Waals surface area contributed by atoms with Gasteiger partial charge in [0.25, 0.3) is 0 Å². The molecule has 0 aromatic heterocycles. The summed E-state index contributed by atoms with van der Waals surface area (Å²) in [6.07, 6.45) is 11.5. The van der Waals surface area contributed by atoms with Crippen LogP contribution in [0, 0.1) is 40.4 Å². The quantitative estimate of drug-likeness (QED) is 0.268. The van der Waals surface area contributed by atoms with Crippen molar-refractivity contribution in [3.8, 4) is 0 Å². The Morgan fingerprint density at radius 2 is 1.23 bits per heavy atom. The van der Waals surface area contributed by atoms with E-state index in [0.717, 1.165) is 88.4 Å². The van der Waals surface area contributed by atoms with Crippen molar-refractivity contribution in [2.45, 2.75) is 133 Å². The zero-order valence-corrected chi connectivity index (χ0v) is 37.1. The maximum atomic E-state index is 12.2. The Labute approximate surface area is 326 Å². The second-order valence-corrected chi connectivity index (χ2v) is 23.3. The van der Waals surface area contributed by atoms with Crippen LogP contribution in [0.5, 0.6) is 0 Å². The van der Waals surface area contributed by atoms with Crippen LogP contribution in [0.2, 0.25) is 0 Å². The molecule has 308 valence electrons. The molecule has 4 saturated heterocycles. The fourth-order valence-electron chi connectivity index (χ4n) is 8.10. The average molecular weight is 774 g/mol. The molecule has 4 aliphatic heterocycles. The van der Waals surface area contributed by atoms with Gasteiger partial charge in [0.05, 0.1) is 37.4 Å². The first-order valence-electron chi connectivity index (χ1n) is 21.0. The van der Waals surface area contributed by atoms with Crippen molar-refractivity contribution >= 4 is 27.5 Å². The largest absolute Gasteiger partial charge is 0.393 e. The maximum Gasteiger partial charge on any atom is 0.236 e. The second kappa shape index (κ2) is 23.6. The fraction of sp³-hybridized carbons (Fsp3) is 0.976. The van der Waals surface area contributed by atoms with Crippen LogP contribution < -0.4 is 0 Å². The molecule has 0 aromatic rings. The number of hydrogen-bond acceptors (Lipinski definition) is 8. The molecule has 0 spiro atoms. The minimum Gasteiger partial charge on any atom is -0.393 e. The summed E-state index contributed by atoms with van der Waals surface area (Å²) in [5.41, 5.74) is 0.714. The molecule has 1 saturated carbocycles. The molecule has 10 heteroatoms. The number of thioether (sulfide) groups is 1. The Morgan fingerprint density at radius 1 is 0.731 bits per heavy atom. The summed E-state index contributed by atoms with van der Waals surface area (Å²) < 4.78 is 27.6. The molecule has 4 heterocycles. The second-order valence-electron chi connectivity index (χ2n) is 19.8. The van der Waals surface area contributed by atoms with Crippen molar-refractivity contribution < 1.29 is 23.1 Å². The topological polar surface area (TPSA) is 90.4 Å². The number of sulfone groups is 1. The van der Waals surface area contributed by atoms with Crippen molar-refractivity contribution in [2.24, 2.45) is 40.4 Å². The van der Waals surface area contributed by atoms with Gasteiger partial charge in [-0.3, -0.25) is 9.69 Å². The third-order valence-electron chi connectivity index (χ3n) is 10.6. The SMILES string of the molecule is CC(C)(C)CC1CC(O)C1.CC(C)(C)CN1CCS(=O)(=O)CC1.CC(C)CC1CCN(C(=O)CN2CCOCC2)CC1.CC(C)CC1CCSCC1. The normalized spacial score (nSPS) is 25.2. The Kier molecular flexibility index (Phi) is 21.7. The molecule has 5 rings (SSSR count). The Morgan fingerprint density at radius 3 is 1.67 bits per heavy atom. The van der Waals surface area contributed by atoms with Gasteiger partial charge < -0.3 is 19.6 Å². The molecule has 5 aliphatic rings. The third kappa shape index (κ3) is 22.9. The Hall–Kier alpha value is -0.390. The number of rotatable bonds is 8. The van der Waals surface area contributed by atoms with E-state index in [2.05, 4.69) is 95.7 Å². The average Bonchev–Trinajstić information content (AvgIpc) is 3.02. The first kappa shape index (κ1) is 47.8. The van der Waals surface area contributed by atoms with Gasteiger partial charge in [0.2, 0.25) is 5.91 Å². The van der Waals surface area contributed by atoms with Crippen LogP contribution in [-0.2, 0) is 19.4 Å². The van der Waals surface area contributed by atoms with Crippen LogP contribution in [-0.4, -0.2) is 129 Å². The number of morpholine rings is 1. The highest BCUT2D eigenvalue weighted by molar-refractivity contribution is 7.99. The van der Waals surface area contributed by atoms with E-state index in [9.17, 15) is 13.2 Å². The lowest BCUT2D eigenvalue weighted by atomic mass is 9.73. The number of nitrogens with zero attached hydrogens (tertiary/aromatic N) is 3. The van der Waals surface area contributed by atoms with Crippen molar-refractivity contribution in [2.75, 3.05) is 88.6 Å². The number of hydrogen-bond donors (Lipinski definition) is 1. The molecule has 0 aromatic carbocycles. The van der Waals surface area contributed by atoms with Gasteiger partial charge in [-0.25, -0.2) is 8.42 Å². The molecule has 0 atom stereocenters. The number of carbonyl (C=O) groups is 1. The predicted molar refractivity (Wildman–Crippen MR) is 223 cm³/mol. The van der Waals surface area contributed by atoms with Crippen LogP contribution in [0.1, 0.15) is 127 Å². The van der Waals surface area contributed by atoms with Gasteiger partial charge >= 0.3 is 0 Å². The number of ether oxygens (including phenoxy) is 1. The van der Waals surface area contributed by atoms with Crippen molar-refractivity contribution in [1.29, 1.82) is 0 Å². The standard InChI is InChI=1S/C15H28N2O2.C9H19NO2S.C9H18O.C9H18S/c1-13(2)11-14-3-5-17(6-4-14)15(18)12-16-7-9-19-10-8-16;1-9(2,3)8-10-4-6-13(11,12)7-5-10;1-9(2,3)6-7-4-8(10)5-7;1-8(2)7-9-3-5-10-6-4-9/h13-14H,3-12H2,1-2H3;4-8H2,1-3H3;7-8,10H,4-6H2,1-3H3;8-9H,3-7H2,1-2H3. The minimum absolute atomic E-state index is 0.0207. The minimum atomic E-state index is -2.71. The molecular formula is C42H83N3O5S2. The van der Waals surface area contributed by atoms with Gasteiger partial charge in [0, 0.05) is 45.8 Å². The van der Waals surface area contributed by atoms with E-state index in [4.69, 9.17) is 9.84 Å². The zero-order valence-electron chi connectivity index (χ0n) is 35.5. The summed E-state index contributed by atoms with van der Waals surface area (Å²) in [6.45, 7) is 30.8. The summed E-state index contributed by atoms with van der Waals surface area (Å²) in [5.74, 6) is 8.18. The van der Waals surface area contributed by atoms with Crippen molar-refractivity contribution in [3.05, 3.63) is 0 Å². The van der Waals surface area contributed by atoms with Gasteiger partial charge in [0.1, 0.15) is 0 Å². The van der Waals surface area contributed by atoms with Crippen LogP contribution in [0.25, 0.3) is 0 Å². The van der Waals surface area contributed by atoms with E-state index in [1.54, 1.807) is 0 Å². The summed E-state index contributed by atoms with van der Waals surface area (Å²) in [6, 6.07) is 0. The summed E-state index contributed by atoms with van der Waals surface area (Å²) in [5, 5.41) is 9.02. The van der Waals surface area contributed by atoms with Crippen LogP contribution in [0.4, 0.5) is 0 Å². The number of piperidine rings is 1. The first-order valence-corrected chi connectivity index (χ1v) is 23.9. The highest BCUT2D eigenvalue weighted by Crippen LogP contribution is 2.37. The van der Waals surface area contributed by atoms with E-state index in [1.165, 1.54) is 56.5 Å². The molecule has 5 fully saturated rings. The first-order chi connectivity index (χ1) is 24.2. The van der Waals surface area contributed by atoms with Gasteiger partial charge in [-0.2, -0.15) is 11.8 Å². The smallest absolute Gasteiger partial charge is 0.236 e. The van der Waals surface area contributed by atoms with E-state index >= 15 is 0 Å². The number of aliphatic hydroxyl groups excluding tert-OH is 1. The molecule has 1 amide bonds. The van der Waals surface area contributed by atoms with Crippen molar-refractivity contribution in [1.82, 2.24) is 14.7 Å². The molecule has 52 heavy (non-hydrogen) atoms. The summed E-state index contributed by atoms with van der Waals surface area (Å²) in [4.78, 5) is 18.8. The van der Waals surface area contributed by atoms with E-state index in [0.29, 0.717) is 42.5 Å². The highest BCUT2D eigenvalue weighted by atomic mass is 32.2. The van der Waals surface area contributed by atoms with Crippen LogP contribution in [0.3, 0.4) is 0 Å². The van der Waals surface area contributed by atoms with E-state index in [-0.39, 0.29) is 11.5 Å². The predicted octanol–water partition coefficient (Wildman–Crippen LogP) is 7.74. The number of aliphatic hydroxyl groups is 1. The highest BCUT2D eigenvalue weighted by Gasteiger charge is 2.30. The Balaban J connectivity index is 0.000000250. The molecule has 1 N–H and O–H groups in total. The molecule has 0 unspecified atom stereocenters. The van der Waals surface area contributed by atoms with Crippen molar-refractivity contribution in [3.63, 3.8) is 0 Å². The van der Waals surface area contributed by atoms with Gasteiger partial charge in [0.15, 0.2) is 9.84 Å². The number of carbonyl (C=O) groups excluding carboxylic acids is 1. The van der Waals surface area contributed by atoms with Gasteiger partial charge in [-0.15, -0.1) is 0 Å². The lowest BCUT2D eigenvalue weighted by Crippen LogP contribution is -2.47. The summed E-state index contributed by atoms with van der Waals surface area (Å²) in [7, 11) is -2.71. The van der Waals surface area contributed by atoms with E-state index < -0.39 is 9.84 Å². The van der Waals surface area contributed by atoms with Gasteiger partial charge in [-0.1, -0.05) is 69.2 Å². The molecule has 8 nitrogen and oxygen atoms in total. The zero-order chi connectivity index (χ0) is 39.0.